The molecular weight excluding hydrogens is 230 g/mol. The van der Waals surface area contributed by atoms with E-state index in [4.69, 9.17) is 0 Å². The summed E-state index contributed by atoms with van der Waals surface area (Å²) in [6.45, 7) is 8.94. The molecule has 0 aliphatic heterocycles. The molecule has 0 aromatic carbocycles. The maximum Gasteiger partial charge on any atom is 0.135 e. The molecule has 0 amide bonds. The highest BCUT2D eigenvalue weighted by atomic mass is 79.9. The molecule has 0 aliphatic carbocycles. The van der Waals surface area contributed by atoms with E-state index in [1.54, 1.807) is 6.92 Å². The quantitative estimate of drug-likeness (QED) is 0.551. The number of hydrogen-bond acceptors (Lipinski definition) is 2. The number of carbonyl (C=O) groups excluding carboxylic acids is 1. The second-order valence-electron chi connectivity index (χ2n) is 2.96. The van der Waals surface area contributed by atoms with Gasteiger partial charge in [0.2, 0.25) is 0 Å². The Morgan fingerprint density at radius 1 is 1.46 bits per heavy atom. The van der Waals surface area contributed by atoms with Gasteiger partial charge in [-0.1, -0.05) is 22.5 Å². The molecule has 0 atom stereocenters. The highest BCUT2D eigenvalue weighted by molar-refractivity contribution is 9.11. The molecule has 72 valence electrons. The van der Waals surface area contributed by atoms with Crippen molar-refractivity contribution in [2.45, 2.75) is 27.2 Å². The predicted octanol–water partition coefficient (Wildman–Crippen LogP) is 3.24. The van der Waals surface area contributed by atoms with Crippen molar-refractivity contribution in [1.82, 2.24) is 0 Å². The van der Waals surface area contributed by atoms with Crippen molar-refractivity contribution in [2.24, 2.45) is 4.99 Å². The van der Waals surface area contributed by atoms with E-state index >= 15 is 0 Å². The average molecular weight is 244 g/mol. The van der Waals surface area contributed by atoms with Crippen molar-refractivity contribution < 1.29 is 4.79 Å². The fourth-order valence-electron chi connectivity index (χ4n) is 0.960. The normalized spacial score (nSPS) is 12.9. The van der Waals surface area contributed by atoms with E-state index in [0.29, 0.717) is 6.42 Å². The number of halogens is 1. The van der Waals surface area contributed by atoms with Crippen LogP contribution in [0.2, 0.25) is 0 Å². The lowest BCUT2D eigenvalue weighted by atomic mass is 10.2. The summed E-state index contributed by atoms with van der Waals surface area (Å²) in [6, 6.07) is 0. The number of allylic oxidation sites excluding steroid dienone is 3. The molecule has 0 spiro atoms. The van der Waals surface area contributed by atoms with Crippen LogP contribution in [0.1, 0.15) is 27.2 Å². The Bertz CT molecular complexity index is 277. The molecule has 3 heteroatoms. The summed E-state index contributed by atoms with van der Waals surface area (Å²) in [7, 11) is 0. The van der Waals surface area contributed by atoms with Crippen LogP contribution < -0.4 is 0 Å². The number of Topliss-reactive ketones (excluding diaryl/α,β-unsaturated/α-hetero) is 1. The zero-order chi connectivity index (χ0) is 10.4. The molecule has 0 aromatic rings. The summed E-state index contributed by atoms with van der Waals surface area (Å²) in [4.78, 5) is 15.0. The number of nitrogens with zero attached hydrogens (tertiary/aromatic N) is 1. The molecule has 0 heterocycles. The monoisotopic (exact) mass is 243 g/mol. The lowest BCUT2D eigenvalue weighted by molar-refractivity contribution is -0.115. The molecule has 0 radical (unpaired) electrons. The van der Waals surface area contributed by atoms with Crippen LogP contribution in [0.4, 0.5) is 0 Å². The second kappa shape index (κ2) is 5.86. The number of rotatable bonds is 4. The largest absolute Gasteiger partial charge is 0.300 e. The first kappa shape index (κ1) is 12.3. The van der Waals surface area contributed by atoms with Crippen LogP contribution in [0.3, 0.4) is 0 Å². The summed E-state index contributed by atoms with van der Waals surface area (Å²) < 4.78 is 0.782. The Balaban J connectivity index is 4.38. The van der Waals surface area contributed by atoms with Crippen molar-refractivity contribution in [3.63, 3.8) is 0 Å². The van der Waals surface area contributed by atoms with E-state index in [0.717, 1.165) is 15.9 Å². The van der Waals surface area contributed by atoms with Gasteiger partial charge in [-0.3, -0.25) is 9.79 Å². The second-order valence-corrected chi connectivity index (χ2v) is 3.98. The summed E-state index contributed by atoms with van der Waals surface area (Å²) in [5, 5.41) is 0. The van der Waals surface area contributed by atoms with E-state index in [9.17, 15) is 4.79 Å². The molecule has 0 unspecified atom stereocenters. The molecular formula is C10H14BrNO. The van der Waals surface area contributed by atoms with Gasteiger partial charge in [-0.15, -0.1) is 0 Å². The molecule has 0 aliphatic rings. The van der Waals surface area contributed by atoms with Crippen molar-refractivity contribution in [3.05, 3.63) is 22.8 Å². The summed E-state index contributed by atoms with van der Waals surface area (Å²) >= 11 is 3.21. The maximum absolute atomic E-state index is 10.7. The van der Waals surface area contributed by atoms with Gasteiger partial charge in [0.1, 0.15) is 5.78 Å². The summed E-state index contributed by atoms with van der Waals surface area (Å²) in [5.41, 5.74) is 1.68. The first-order chi connectivity index (χ1) is 5.91. The van der Waals surface area contributed by atoms with Gasteiger partial charge in [-0.2, -0.15) is 0 Å². The average Bonchev–Trinajstić information content (AvgIpc) is 1.80. The Morgan fingerprint density at radius 3 is 2.38 bits per heavy atom. The molecule has 0 bridgehead atoms. The molecule has 0 N–H and O–H groups in total. The first-order valence-corrected chi connectivity index (χ1v) is 4.77. The van der Waals surface area contributed by atoms with Crippen molar-refractivity contribution >= 4 is 27.4 Å². The summed E-state index contributed by atoms with van der Waals surface area (Å²) in [6.07, 6.45) is 2.23. The van der Waals surface area contributed by atoms with Gasteiger partial charge in [0, 0.05) is 22.3 Å². The highest BCUT2D eigenvalue weighted by Crippen LogP contribution is 2.08. The van der Waals surface area contributed by atoms with E-state index < -0.39 is 0 Å². The van der Waals surface area contributed by atoms with Crippen LogP contribution in [0, 0.1) is 0 Å². The minimum Gasteiger partial charge on any atom is -0.300 e. The predicted molar refractivity (Wildman–Crippen MR) is 60.2 cm³/mol. The Labute approximate surface area is 87.6 Å². The number of hydrogen-bond donors (Lipinski definition) is 0. The van der Waals surface area contributed by atoms with E-state index in [-0.39, 0.29) is 5.78 Å². The standard InChI is InChI=1S/C10H14BrNO/c1-7(11)5-8(2)12-9(3)6-10(4)13/h5H,1,6H2,2-4H3/b8-5+,12-9?. The number of carbonyl (C=O) groups is 1. The van der Waals surface area contributed by atoms with Crippen molar-refractivity contribution in [3.8, 4) is 0 Å². The highest BCUT2D eigenvalue weighted by Gasteiger charge is 1.96. The van der Waals surface area contributed by atoms with Gasteiger partial charge in [0.25, 0.3) is 0 Å². The molecule has 13 heavy (non-hydrogen) atoms. The van der Waals surface area contributed by atoms with Gasteiger partial charge in [0.15, 0.2) is 0 Å². The minimum atomic E-state index is 0.131. The van der Waals surface area contributed by atoms with Gasteiger partial charge < -0.3 is 0 Å². The lowest BCUT2D eigenvalue weighted by Gasteiger charge is -1.97. The Morgan fingerprint density at radius 2 is 2.00 bits per heavy atom. The molecule has 0 saturated heterocycles. The fraction of sp³-hybridized carbons (Fsp3) is 0.400. The third-order valence-electron chi connectivity index (χ3n) is 1.24. The zero-order valence-electron chi connectivity index (χ0n) is 8.22. The van der Waals surface area contributed by atoms with Gasteiger partial charge in [-0.05, 0) is 26.8 Å². The zero-order valence-corrected chi connectivity index (χ0v) is 9.81. The van der Waals surface area contributed by atoms with Crippen LogP contribution in [0.15, 0.2) is 27.8 Å². The third-order valence-corrected chi connectivity index (χ3v) is 1.47. The number of ketones is 1. The van der Waals surface area contributed by atoms with Gasteiger partial charge in [0.05, 0.1) is 0 Å². The SMILES string of the molecule is C=C(Br)/C=C(\C)N=C(C)CC(C)=O. The van der Waals surface area contributed by atoms with Crippen LogP contribution >= 0.6 is 15.9 Å². The van der Waals surface area contributed by atoms with Crippen LogP contribution in [0.5, 0.6) is 0 Å². The molecule has 0 saturated carbocycles. The minimum absolute atomic E-state index is 0.131. The molecule has 0 fully saturated rings. The topological polar surface area (TPSA) is 29.4 Å². The van der Waals surface area contributed by atoms with E-state index in [2.05, 4.69) is 27.5 Å². The van der Waals surface area contributed by atoms with Crippen molar-refractivity contribution in [1.29, 1.82) is 0 Å². The van der Waals surface area contributed by atoms with Crippen LogP contribution in [0.25, 0.3) is 0 Å². The molecule has 0 rings (SSSR count). The van der Waals surface area contributed by atoms with Crippen LogP contribution in [-0.2, 0) is 4.79 Å². The van der Waals surface area contributed by atoms with Crippen molar-refractivity contribution in [2.75, 3.05) is 0 Å². The van der Waals surface area contributed by atoms with E-state index in [1.165, 1.54) is 0 Å². The lowest BCUT2D eigenvalue weighted by Crippen LogP contribution is -1.99. The van der Waals surface area contributed by atoms with E-state index in [1.807, 2.05) is 19.9 Å². The van der Waals surface area contributed by atoms with Crippen LogP contribution in [-0.4, -0.2) is 11.5 Å². The fourth-order valence-corrected chi connectivity index (χ4v) is 1.29. The maximum atomic E-state index is 10.7. The number of aliphatic imine (C=N–C) groups is 1. The van der Waals surface area contributed by atoms with Gasteiger partial charge >= 0.3 is 0 Å². The van der Waals surface area contributed by atoms with Gasteiger partial charge in [-0.25, -0.2) is 0 Å². The Kier molecular flexibility index (Phi) is 5.55. The molecule has 0 aromatic heterocycles. The summed E-state index contributed by atoms with van der Waals surface area (Å²) in [5.74, 6) is 0.131. The Hall–Kier alpha value is -0.700. The third kappa shape index (κ3) is 7.65. The molecule has 2 nitrogen and oxygen atoms in total. The smallest absolute Gasteiger partial charge is 0.135 e. The first-order valence-electron chi connectivity index (χ1n) is 3.98.